The summed E-state index contributed by atoms with van der Waals surface area (Å²) in [5.74, 6) is -0.932. The zero-order chi connectivity index (χ0) is 24.0. The number of hydrogen-bond acceptors (Lipinski definition) is 9. The predicted molar refractivity (Wildman–Crippen MR) is 123 cm³/mol. The van der Waals surface area contributed by atoms with E-state index in [1.165, 1.54) is 25.6 Å². The molecule has 0 bridgehead atoms. The summed E-state index contributed by atoms with van der Waals surface area (Å²) in [5.41, 5.74) is 0.507. The van der Waals surface area contributed by atoms with Crippen LogP contribution in [0.5, 0.6) is 0 Å². The van der Waals surface area contributed by atoms with Crippen LogP contribution >= 0.6 is 11.8 Å². The van der Waals surface area contributed by atoms with E-state index in [0.717, 1.165) is 6.04 Å². The Hall–Kier alpha value is -1.62. The number of carbonyl (C=O) groups excluding carboxylic acids is 3. The van der Waals surface area contributed by atoms with Gasteiger partial charge in [-0.15, -0.1) is 0 Å². The molecule has 0 aliphatic rings. The molecule has 0 rings (SSSR count). The van der Waals surface area contributed by atoms with Crippen molar-refractivity contribution in [3.63, 3.8) is 0 Å². The third-order valence-electron chi connectivity index (χ3n) is 4.33. The number of carbonyl (C=O) groups is 3. The van der Waals surface area contributed by atoms with Gasteiger partial charge in [0, 0.05) is 36.9 Å². The van der Waals surface area contributed by atoms with Crippen molar-refractivity contribution >= 4 is 38.2 Å². The monoisotopic (exact) mass is 476 g/mol. The van der Waals surface area contributed by atoms with Gasteiger partial charge in [0.1, 0.15) is 12.7 Å². The van der Waals surface area contributed by atoms with E-state index >= 15 is 0 Å². The van der Waals surface area contributed by atoms with Crippen LogP contribution in [0.25, 0.3) is 0 Å². The molecule has 0 heterocycles. The van der Waals surface area contributed by atoms with E-state index in [2.05, 4.69) is 13.2 Å². The first-order valence-electron chi connectivity index (χ1n) is 9.99. The second-order valence-corrected chi connectivity index (χ2v) is 12.1. The lowest BCUT2D eigenvalue weighted by atomic mass is 10.2. The van der Waals surface area contributed by atoms with Gasteiger partial charge >= 0.3 is 26.5 Å². The maximum Gasteiger partial charge on any atom is 0.334 e. The van der Waals surface area contributed by atoms with Crippen molar-refractivity contribution in [2.45, 2.75) is 45.9 Å². The van der Waals surface area contributed by atoms with Gasteiger partial charge in [-0.1, -0.05) is 20.1 Å². The number of rotatable bonds is 16. The van der Waals surface area contributed by atoms with Crippen LogP contribution in [-0.4, -0.2) is 71.5 Å². The third-order valence-corrected chi connectivity index (χ3v) is 8.66. The molecule has 31 heavy (non-hydrogen) atoms. The van der Waals surface area contributed by atoms with Gasteiger partial charge in [0.25, 0.3) is 0 Å². The molecule has 0 aromatic heterocycles. The molecule has 0 amide bonds. The van der Waals surface area contributed by atoms with Crippen LogP contribution in [-0.2, 0) is 37.4 Å². The second-order valence-electron chi connectivity index (χ2n) is 7.44. The molecule has 0 fully saturated rings. The number of thioether (sulfide) groups is 1. The Kier molecular flexibility index (Phi) is 14.4. The van der Waals surface area contributed by atoms with Crippen LogP contribution in [0.15, 0.2) is 24.3 Å². The van der Waals surface area contributed by atoms with E-state index < -0.39 is 26.6 Å². The molecular weight excluding hydrogens is 440 g/mol. The zero-order valence-electron chi connectivity index (χ0n) is 19.5. The Labute approximate surface area is 190 Å². The molecule has 0 saturated carbocycles. The van der Waals surface area contributed by atoms with Gasteiger partial charge in [0.05, 0.1) is 12.5 Å². The van der Waals surface area contributed by atoms with E-state index in [9.17, 15) is 14.4 Å². The molecule has 0 radical (unpaired) electrons. The fraction of sp³-hybridized carbons (Fsp3) is 0.667. The first-order chi connectivity index (χ1) is 14.5. The average molecular weight is 477 g/mol. The number of ether oxygens (including phenoxy) is 3. The van der Waals surface area contributed by atoms with Crippen molar-refractivity contribution in [2.75, 3.05) is 38.9 Å². The van der Waals surface area contributed by atoms with Crippen molar-refractivity contribution in [2.24, 2.45) is 5.92 Å². The SMILES string of the molecule is C=C(C)C(=O)OCC(CSCC(C)C(=O)OCCC[Si](C)(OC)OC)OC(=O)C(=C)C. The van der Waals surface area contributed by atoms with Crippen molar-refractivity contribution in [3.8, 4) is 0 Å². The topological polar surface area (TPSA) is 97.4 Å². The van der Waals surface area contributed by atoms with Gasteiger partial charge in [-0.05, 0) is 32.9 Å². The highest BCUT2D eigenvalue weighted by Crippen LogP contribution is 2.16. The summed E-state index contributed by atoms with van der Waals surface area (Å²) in [4.78, 5) is 35.6. The van der Waals surface area contributed by atoms with E-state index in [4.69, 9.17) is 23.1 Å². The third kappa shape index (κ3) is 12.7. The van der Waals surface area contributed by atoms with Crippen LogP contribution in [0.4, 0.5) is 0 Å². The first-order valence-corrected chi connectivity index (χ1v) is 13.7. The summed E-state index contributed by atoms with van der Waals surface area (Å²) >= 11 is 1.41. The lowest BCUT2D eigenvalue weighted by Crippen LogP contribution is -2.36. The minimum Gasteiger partial charge on any atom is -0.465 e. The normalized spacial score (nSPS) is 13.1. The average Bonchev–Trinajstić information content (AvgIpc) is 2.73. The summed E-state index contributed by atoms with van der Waals surface area (Å²) in [6, 6.07) is 0.731. The molecule has 2 unspecified atom stereocenters. The Morgan fingerprint density at radius 1 is 0.968 bits per heavy atom. The van der Waals surface area contributed by atoms with Gasteiger partial charge in [0.15, 0.2) is 0 Å². The van der Waals surface area contributed by atoms with Gasteiger partial charge in [-0.25, -0.2) is 9.59 Å². The maximum atomic E-state index is 12.2. The molecule has 0 spiro atoms. The molecule has 0 aliphatic heterocycles. The molecule has 10 heteroatoms. The van der Waals surface area contributed by atoms with Crippen LogP contribution in [0.2, 0.25) is 12.6 Å². The van der Waals surface area contributed by atoms with E-state index in [-0.39, 0.29) is 29.6 Å². The minimum absolute atomic E-state index is 0.0990. The largest absolute Gasteiger partial charge is 0.465 e. The lowest BCUT2D eigenvalue weighted by Gasteiger charge is -2.22. The lowest BCUT2D eigenvalue weighted by molar-refractivity contribution is -0.152. The summed E-state index contributed by atoms with van der Waals surface area (Å²) in [6.45, 7) is 14.1. The van der Waals surface area contributed by atoms with Crippen LogP contribution < -0.4 is 0 Å². The Balaban J connectivity index is 4.44. The van der Waals surface area contributed by atoms with Gasteiger partial charge in [-0.2, -0.15) is 11.8 Å². The van der Waals surface area contributed by atoms with Gasteiger partial charge in [0.2, 0.25) is 0 Å². The molecule has 8 nitrogen and oxygen atoms in total. The first kappa shape index (κ1) is 29.4. The molecule has 0 aromatic rings. The number of esters is 3. The van der Waals surface area contributed by atoms with Crippen molar-refractivity contribution in [1.82, 2.24) is 0 Å². The van der Waals surface area contributed by atoms with E-state index in [1.54, 1.807) is 21.1 Å². The van der Waals surface area contributed by atoms with Crippen LogP contribution in [0.3, 0.4) is 0 Å². The Morgan fingerprint density at radius 3 is 2.06 bits per heavy atom. The summed E-state index contributed by atoms with van der Waals surface area (Å²) in [7, 11) is 1.09. The Bertz CT molecular complexity index is 633. The maximum absolute atomic E-state index is 12.2. The van der Waals surface area contributed by atoms with Crippen molar-refractivity contribution < 1.29 is 37.4 Å². The molecule has 178 valence electrons. The standard InChI is InChI=1S/C21H36O8SSi/c1-15(2)19(22)28-12-18(29-20(23)16(3)4)14-30-13-17(5)21(24)27-10-9-11-31(8,25-6)26-7/h17-18H,1,3,9-14H2,2,4-8H3. The fourth-order valence-corrected chi connectivity index (χ4v) is 4.51. The van der Waals surface area contributed by atoms with Crippen molar-refractivity contribution in [1.29, 1.82) is 0 Å². The fourth-order valence-electron chi connectivity index (χ4n) is 2.10. The molecular formula is C21H36O8SSi. The van der Waals surface area contributed by atoms with Gasteiger partial charge < -0.3 is 23.1 Å². The molecule has 0 aliphatic carbocycles. The second kappa shape index (κ2) is 15.2. The summed E-state index contributed by atoms with van der Waals surface area (Å²) < 4.78 is 26.5. The number of hydrogen-bond donors (Lipinski definition) is 0. The van der Waals surface area contributed by atoms with Gasteiger partial charge in [-0.3, -0.25) is 4.79 Å². The van der Waals surface area contributed by atoms with E-state index in [0.29, 0.717) is 24.5 Å². The van der Waals surface area contributed by atoms with Crippen LogP contribution in [0, 0.1) is 5.92 Å². The smallest absolute Gasteiger partial charge is 0.334 e. The predicted octanol–water partition coefficient (Wildman–Crippen LogP) is 3.26. The summed E-state index contributed by atoms with van der Waals surface area (Å²) in [6.07, 6.45) is 0.00897. The zero-order valence-corrected chi connectivity index (χ0v) is 21.3. The highest BCUT2D eigenvalue weighted by Gasteiger charge is 2.28. The summed E-state index contributed by atoms with van der Waals surface area (Å²) in [5, 5.41) is 0. The highest BCUT2D eigenvalue weighted by atomic mass is 32.2. The van der Waals surface area contributed by atoms with E-state index in [1.807, 2.05) is 6.55 Å². The quantitative estimate of drug-likeness (QED) is 0.109. The Morgan fingerprint density at radius 2 is 1.55 bits per heavy atom. The highest BCUT2D eigenvalue weighted by molar-refractivity contribution is 7.99. The molecule has 0 saturated heterocycles. The van der Waals surface area contributed by atoms with Crippen molar-refractivity contribution in [3.05, 3.63) is 24.3 Å². The molecule has 0 N–H and O–H groups in total. The van der Waals surface area contributed by atoms with Crippen LogP contribution in [0.1, 0.15) is 27.2 Å². The molecule has 2 atom stereocenters. The molecule has 0 aromatic carbocycles. The minimum atomic E-state index is -2.16.